The van der Waals surface area contributed by atoms with Crippen molar-refractivity contribution in [2.45, 2.75) is 0 Å². The van der Waals surface area contributed by atoms with Crippen molar-refractivity contribution in [1.82, 2.24) is 4.98 Å². The van der Waals surface area contributed by atoms with Crippen LogP contribution in [0.1, 0.15) is 10.4 Å². The second-order valence-electron chi connectivity index (χ2n) is 3.75. The van der Waals surface area contributed by atoms with Gasteiger partial charge >= 0.3 is 0 Å². The monoisotopic (exact) mass is 371 g/mol. The molecular formula is C13H11FIN3O. The largest absolute Gasteiger partial charge is 0.387 e. The van der Waals surface area contributed by atoms with E-state index in [2.05, 4.69) is 15.6 Å². The number of nitrogens with zero attached hydrogens (tertiary/aromatic N) is 1. The van der Waals surface area contributed by atoms with E-state index < -0.39 is 0 Å². The van der Waals surface area contributed by atoms with E-state index in [0.717, 1.165) is 0 Å². The van der Waals surface area contributed by atoms with Crippen LogP contribution in [0, 0.1) is 9.39 Å². The molecule has 1 aromatic carbocycles. The van der Waals surface area contributed by atoms with Crippen molar-refractivity contribution in [1.29, 1.82) is 0 Å². The van der Waals surface area contributed by atoms with Crippen LogP contribution in [0.4, 0.5) is 15.8 Å². The summed E-state index contributed by atoms with van der Waals surface area (Å²) >= 11 is 1.97. The minimum Gasteiger partial charge on any atom is -0.387 e. The van der Waals surface area contributed by atoms with Gasteiger partial charge in [-0.05, 0) is 46.9 Å². The summed E-state index contributed by atoms with van der Waals surface area (Å²) in [6, 6.07) is 5.91. The zero-order chi connectivity index (χ0) is 13.8. The highest BCUT2D eigenvalue weighted by molar-refractivity contribution is 14.1. The number of carbonyl (C=O) groups excluding carboxylic acids is 1. The third-order valence-corrected chi connectivity index (χ3v) is 3.41. The zero-order valence-corrected chi connectivity index (χ0v) is 12.2. The zero-order valence-electron chi connectivity index (χ0n) is 10.1. The van der Waals surface area contributed by atoms with E-state index in [4.69, 9.17) is 0 Å². The Labute approximate surface area is 123 Å². The highest BCUT2D eigenvalue weighted by atomic mass is 127. The predicted molar refractivity (Wildman–Crippen MR) is 80.9 cm³/mol. The van der Waals surface area contributed by atoms with Crippen LogP contribution < -0.4 is 10.6 Å². The minimum atomic E-state index is -0.334. The van der Waals surface area contributed by atoms with Crippen LogP contribution >= 0.6 is 22.6 Å². The molecule has 1 heterocycles. The number of anilines is 2. The summed E-state index contributed by atoms with van der Waals surface area (Å²) in [6.45, 7) is 0. The first-order chi connectivity index (χ1) is 9.11. The number of benzene rings is 1. The van der Waals surface area contributed by atoms with Crippen LogP contribution in [0.5, 0.6) is 0 Å². The number of hydrogen-bond acceptors (Lipinski definition) is 3. The first-order valence-electron chi connectivity index (χ1n) is 5.50. The molecule has 6 heteroatoms. The van der Waals surface area contributed by atoms with Gasteiger partial charge in [-0.3, -0.25) is 9.78 Å². The molecule has 0 spiro atoms. The third kappa shape index (κ3) is 3.19. The number of carbonyl (C=O) groups is 1. The lowest BCUT2D eigenvalue weighted by atomic mass is 10.2. The normalized spacial score (nSPS) is 10.1. The average Bonchev–Trinajstić information content (AvgIpc) is 2.41. The fourth-order valence-corrected chi connectivity index (χ4v) is 2.19. The molecule has 0 unspecified atom stereocenters. The summed E-state index contributed by atoms with van der Waals surface area (Å²) in [6.07, 6.45) is 3.09. The highest BCUT2D eigenvalue weighted by Crippen LogP contribution is 2.21. The quantitative estimate of drug-likeness (QED) is 0.816. The number of amides is 1. The Hall–Kier alpha value is -1.70. The van der Waals surface area contributed by atoms with E-state index in [0.29, 0.717) is 20.5 Å². The van der Waals surface area contributed by atoms with Gasteiger partial charge in [-0.2, -0.15) is 0 Å². The third-order valence-electron chi connectivity index (χ3n) is 2.51. The van der Waals surface area contributed by atoms with E-state index in [1.807, 2.05) is 22.6 Å². The predicted octanol–water partition coefficient (Wildman–Crippen LogP) is 3.12. The SMILES string of the molecule is CNc1ccncc1C(=O)Nc1ccc(F)cc1I. The van der Waals surface area contributed by atoms with Crippen LogP contribution in [-0.4, -0.2) is 17.9 Å². The molecule has 1 amide bonds. The summed E-state index contributed by atoms with van der Waals surface area (Å²) in [5, 5.41) is 5.66. The maximum atomic E-state index is 13.0. The van der Waals surface area contributed by atoms with E-state index in [1.165, 1.54) is 24.4 Å². The Balaban J connectivity index is 2.26. The molecule has 2 N–H and O–H groups in total. The van der Waals surface area contributed by atoms with Crippen molar-refractivity contribution in [2.24, 2.45) is 0 Å². The molecule has 0 bridgehead atoms. The lowest BCUT2D eigenvalue weighted by Crippen LogP contribution is -2.15. The molecular weight excluding hydrogens is 360 g/mol. The first kappa shape index (κ1) is 13.7. The van der Waals surface area contributed by atoms with Crippen molar-refractivity contribution in [3.63, 3.8) is 0 Å². The summed E-state index contributed by atoms with van der Waals surface area (Å²) < 4.78 is 13.6. The van der Waals surface area contributed by atoms with Gasteiger partial charge in [-0.15, -0.1) is 0 Å². The van der Waals surface area contributed by atoms with E-state index in [-0.39, 0.29) is 11.7 Å². The standard InChI is InChI=1S/C13H11FIN3O/c1-16-11-4-5-17-7-9(11)13(19)18-12-3-2-8(14)6-10(12)15/h2-7H,1H3,(H,16,17)(H,18,19). The Morgan fingerprint density at radius 1 is 1.32 bits per heavy atom. The Morgan fingerprint density at radius 3 is 2.79 bits per heavy atom. The van der Waals surface area contributed by atoms with Gasteiger partial charge in [0, 0.05) is 28.7 Å². The molecule has 98 valence electrons. The van der Waals surface area contributed by atoms with Crippen LogP contribution in [0.3, 0.4) is 0 Å². The number of rotatable bonds is 3. The topological polar surface area (TPSA) is 54.0 Å². The van der Waals surface area contributed by atoms with Gasteiger partial charge in [0.1, 0.15) is 5.82 Å². The summed E-state index contributed by atoms with van der Waals surface area (Å²) in [5.41, 5.74) is 1.69. The molecule has 0 saturated carbocycles. The molecule has 1 aromatic heterocycles. The summed E-state index contributed by atoms with van der Waals surface area (Å²) in [5.74, 6) is -0.623. The van der Waals surface area contributed by atoms with Gasteiger partial charge in [0.15, 0.2) is 0 Å². The Bertz CT molecular complexity index is 619. The first-order valence-corrected chi connectivity index (χ1v) is 6.58. The molecule has 0 fully saturated rings. The number of halogens is 2. The van der Waals surface area contributed by atoms with E-state index >= 15 is 0 Å². The average molecular weight is 371 g/mol. The minimum absolute atomic E-state index is 0.290. The van der Waals surface area contributed by atoms with Gasteiger partial charge in [-0.25, -0.2) is 4.39 Å². The summed E-state index contributed by atoms with van der Waals surface area (Å²) in [4.78, 5) is 16.1. The summed E-state index contributed by atoms with van der Waals surface area (Å²) in [7, 11) is 1.73. The molecule has 19 heavy (non-hydrogen) atoms. The van der Waals surface area contributed by atoms with Crippen molar-refractivity contribution in [3.05, 3.63) is 51.6 Å². The van der Waals surface area contributed by atoms with Crippen molar-refractivity contribution >= 4 is 39.9 Å². The second kappa shape index (κ2) is 5.96. The smallest absolute Gasteiger partial charge is 0.259 e. The highest BCUT2D eigenvalue weighted by Gasteiger charge is 2.12. The molecule has 0 saturated heterocycles. The van der Waals surface area contributed by atoms with Gasteiger partial charge in [0.25, 0.3) is 5.91 Å². The van der Waals surface area contributed by atoms with Crippen LogP contribution in [-0.2, 0) is 0 Å². The molecule has 2 aromatic rings. The molecule has 0 aliphatic heterocycles. The number of pyridine rings is 1. The Morgan fingerprint density at radius 2 is 2.11 bits per heavy atom. The van der Waals surface area contributed by atoms with Gasteiger partial charge < -0.3 is 10.6 Å². The van der Waals surface area contributed by atoms with Crippen molar-refractivity contribution < 1.29 is 9.18 Å². The molecule has 0 atom stereocenters. The molecule has 2 rings (SSSR count). The van der Waals surface area contributed by atoms with Crippen LogP contribution in [0.25, 0.3) is 0 Å². The lowest BCUT2D eigenvalue weighted by Gasteiger charge is -2.10. The number of aromatic nitrogens is 1. The maximum absolute atomic E-state index is 13.0. The van der Waals surface area contributed by atoms with Gasteiger partial charge in [-0.1, -0.05) is 0 Å². The van der Waals surface area contributed by atoms with E-state index in [9.17, 15) is 9.18 Å². The maximum Gasteiger partial charge on any atom is 0.259 e. The molecule has 0 aliphatic carbocycles. The van der Waals surface area contributed by atoms with Crippen LogP contribution in [0.2, 0.25) is 0 Å². The fraction of sp³-hybridized carbons (Fsp3) is 0.0769. The second-order valence-corrected chi connectivity index (χ2v) is 4.91. The molecule has 0 radical (unpaired) electrons. The molecule has 0 aliphatic rings. The van der Waals surface area contributed by atoms with Gasteiger partial charge in [0.05, 0.1) is 11.3 Å². The van der Waals surface area contributed by atoms with Crippen molar-refractivity contribution in [3.8, 4) is 0 Å². The lowest BCUT2D eigenvalue weighted by molar-refractivity contribution is 0.102. The van der Waals surface area contributed by atoms with E-state index in [1.54, 1.807) is 19.3 Å². The van der Waals surface area contributed by atoms with Crippen molar-refractivity contribution in [2.75, 3.05) is 17.7 Å². The fourth-order valence-electron chi connectivity index (χ4n) is 1.57. The number of nitrogens with one attached hydrogen (secondary N) is 2. The molecule has 4 nitrogen and oxygen atoms in total. The Kier molecular flexibility index (Phi) is 4.31. The van der Waals surface area contributed by atoms with Gasteiger partial charge in [0.2, 0.25) is 0 Å². The number of hydrogen-bond donors (Lipinski definition) is 2. The van der Waals surface area contributed by atoms with Crippen LogP contribution in [0.15, 0.2) is 36.7 Å².